The van der Waals surface area contributed by atoms with E-state index in [0.717, 1.165) is 16.1 Å². The smallest absolute Gasteiger partial charge is 0.315 e. The molecule has 1 aromatic carbocycles. The maximum atomic E-state index is 12.2. The molecule has 0 spiro atoms. The van der Waals surface area contributed by atoms with Crippen LogP contribution in [-0.4, -0.2) is 16.2 Å². The minimum atomic E-state index is -0.210. The fraction of sp³-hybridized carbons (Fsp3) is 0.176. The molecule has 0 saturated heterocycles. The molecule has 0 saturated carbocycles. The van der Waals surface area contributed by atoms with Gasteiger partial charge < -0.3 is 10.6 Å². The number of amides is 2. The van der Waals surface area contributed by atoms with Crippen molar-refractivity contribution in [2.75, 3.05) is 0 Å². The Morgan fingerprint density at radius 1 is 1.26 bits per heavy atom. The average Bonchev–Trinajstić information content (AvgIpc) is 3.25. The topological polar surface area (TPSA) is 69.8 Å². The predicted molar refractivity (Wildman–Crippen MR) is 91.3 cm³/mol. The molecule has 3 aromatic rings. The SMILES string of the molecule is Cc1ccc(C(NC(=O)NCc2ccn[nH]2)c2cccs2)cc1. The Morgan fingerprint density at radius 3 is 2.74 bits per heavy atom. The highest BCUT2D eigenvalue weighted by atomic mass is 32.1. The second-order valence-electron chi connectivity index (χ2n) is 5.27. The third-order valence-electron chi connectivity index (χ3n) is 3.51. The van der Waals surface area contributed by atoms with E-state index in [4.69, 9.17) is 0 Å². The number of hydrogen-bond acceptors (Lipinski definition) is 3. The number of benzene rings is 1. The standard InChI is InChI=1S/C17H18N4OS/c1-12-4-6-13(7-5-12)16(15-3-2-10-23-15)20-17(22)18-11-14-8-9-19-21-14/h2-10,16H,11H2,1H3,(H,19,21)(H2,18,20,22). The van der Waals surface area contributed by atoms with Crippen molar-refractivity contribution in [2.24, 2.45) is 0 Å². The zero-order valence-corrected chi connectivity index (χ0v) is 13.6. The summed E-state index contributed by atoms with van der Waals surface area (Å²) in [5.74, 6) is 0. The summed E-state index contributed by atoms with van der Waals surface area (Å²) in [6.45, 7) is 2.46. The molecular formula is C17H18N4OS. The van der Waals surface area contributed by atoms with E-state index < -0.39 is 0 Å². The molecule has 2 aromatic heterocycles. The number of rotatable bonds is 5. The molecule has 5 nitrogen and oxygen atoms in total. The van der Waals surface area contributed by atoms with Crippen molar-refractivity contribution in [1.82, 2.24) is 20.8 Å². The van der Waals surface area contributed by atoms with Crippen LogP contribution in [0.5, 0.6) is 0 Å². The summed E-state index contributed by atoms with van der Waals surface area (Å²) in [7, 11) is 0. The fourth-order valence-corrected chi connectivity index (χ4v) is 3.08. The molecule has 2 heterocycles. The Balaban J connectivity index is 1.71. The summed E-state index contributed by atoms with van der Waals surface area (Å²) in [5.41, 5.74) is 3.13. The maximum absolute atomic E-state index is 12.2. The van der Waals surface area contributed by atoms with E-state index >= 15 is 0 Å². The van der Waals surface area contributed by atoms with Gasteiger partial charge in [0.1, 0.15) is 0 Å². The summed E-state index contributed by atoms with van der Waals surface area (Å²) in [4.78, 5) is 13.3. The van der Waals surface area contributed by atoms with Gasteiger partial charge in [-0.2, -0.15) is 5.10 Å². The molecule has 3 N–H and O–H groups in total. The number of H-pyrrole nitrogens is 1. The van der Waals surface area contributed by atoms with Gasteiger partial charge in [-0.25, -0.2) is 4.79 Å². The van der Waals surface area contributed by atoms with Crippen LogP contribution >= 0.6 is 11.3 Å². The number of aryl methyl sites for hydroxylation is 1. The average molecular weight is 326 g/mol. The van der Waals surface area contributed by atoms with E-state index in [0.29, 0.717) is 6.54 Å². The van der Waals surface area contributed by atoms with Crippen LogP contribution < -0.4 is 10.6 Å². The molecule has 0 radical (unpaired) electrons. The number of carbonyl (C=O) groups excluding carboxylic acids is 1. The van der Waals surface area contributed by atoms with Gasteiger partial charge in [-0.05, 0) is 30.0 Å². The predicted octanol–water partition coefficient (Wildman–Crippen LogP) is 3.37. The lowest BCUT2D eigenvalue weighted by molar-refractivity contribution is 0.238. The highest BCUT2D eigenvalue weighted by Crippen LogP contribution is 2.26. The molecular weight excluding hydrogens is 308 g/mol. The second-order valence-corrected chi connectivity index (χ2v) is 6.25. The van der Waals surface area contributed by atoms with E-state index in [-0.39, 0.29) is 12.1 Å². The zero-order chi connectivity index (χ0) is 16.1. The lowest BCUT2D eigenvalue weighted by Gasteiger charge is -2.18. The molecule has 6 heteroatoms. The van der Waals surface area contributed by atoms with E-state index in [1.165, 1.54) is 5.56 Å². The number of hydrogen-bond donors (Lipinski definition) is 3. The van der Waals surface area contributed by atoms with Gasteiger partial charge in [0.2, 0.25) is 0 Å². The minimum Gasteiger partial charge on any atom is -0.333 e. The Morgan fingerprint density at radius 2 is 2.09 bits per heavy atom. The van der Waals surface area contributed by atoms with E-state index in [9.17, 15) is 4.79 Å². The van der Waals surface area contributed by atoms with Gasteiger partial charge in [-0.15, -0.1) is 11.3 Å². The Hall–Kier alpha value is -2.60. The molecule has 118 valence electrons. The molecule has 0 aliphatic heterocycles. The summed E-state index contributed by atoms with van der Waals surface area (Å²) in [6, 6.07) is 13.7. The minimum absolute atomic E-state index is 0.155. The Bertz CT molecular complexity index is 736. The molecule has 0 aliphatic rings. The summed E-state index contributed by atoms with van der Waals surface area (Å²) < 4.78 is 0. The van der Waals surface area contributed by atoms with Gasteiger partial charge in [0, 0.05) is 11.1 Å². The first kappa shape index (κ1) is 15.3. The van der Waals surface area contributed by atoms with E-state index in [1.54, 1.807) is 17.5 Å². The van der Waals surface area contributed by atoms with Crippen molar-refractivity contribution in [3.63, 3.8) is 0 Å². The van der Waals surface area contributed by atoms with Crippen LogP contribution in [0, 0.1) is 6.92 Å². The van der Waals surface area contributed by atoms with E-state index in [2.05, 4.69) is 52.0 Å². The number of urea groups is 1. The molecule has 1 atom stereocenters. The first-order chi connectivity index (χ1) is 11.2. The van der Waals surface area contributed by atoms with Crippen LogP contribution in [0.15, 0.2) is 54.0 Å². The number of aromatic amines is 1. The quantitative estimate of drug-likeness (QED) is 0.673. The second kappa shape index (κ2) is 7.11. The summed E-state index contributed by atoms with van der Waals surface area (Å²) >= 11 is 1.63. The van der Waals surface area contributed by atoms with Crippen molar-refractivity contribution >= 4 is 17.4 Å². The number of aromatic nitrogens is 2. The first-order valence-corrected chi connectivity index (χ1v) is 8.23. The maximum Gasteiger partial charge on any atom is 0.315 e. The highest BCUT2D eigenvalue weighted by molar-refractivity contribution is 7.10. The zero-order valence-electron chi connectivity index (χ0n) is 12.7. The van der Waals surface area contributed by atoms with Gasteiger partial charge in [0.05, 0.1) is 18.3 Å². The monoisotopic (exact) mass is 326 g/mol. The van der Waals surface area contributed by atoms with Crippen LogP contribution in [0.3, 0.4) is 0 Å². The molecule has 2 amide bonds. The molecule has 0 aliphatic carbocycles. The lowest BCUT2D eigenvalue weighted by Crippen LogP contribution is -2.37. The van der Waals surface area contributed by atoms with Crippen molar-refractivity contribution < 1.29 is 4.79 Å². The number of nitrogens with zero attached hydrogens (tertiary/aromatic N) is 1. The molecule has 23 heavy (non-hydrogen) atoms. The van der Waals surface area contributed by atoms with Crippen molar-refractivity contribution in [2.45, 2.75) is 19.5 Å². The van der Waals surface area contributed by atoms with Crippen LogP contribution in [0.1, 0.15) is 27.7 Å². The van der Waals surface area contributed by atoms with Crippen LogP contribution in [-0.2, 0) is 6.54 Å². The molecule has 1 unspecified atom stereocenters. The number of carbonyl (C=O) groups is 1. The van der Waals surface area contributed by atoms with Crippen LogP contribution in [0.4, 0.5) is 4.79 Å². The van der Waals surface area contributed by atoms with Crippen LogP contribution in [0.25, 0.3) is 0 Å². The highest BCUT2D eigenvalue weighted by Gasteiger charge is 2.17. The van der Waals surface area contributed by atoms with Crippen molar-refractivity contribution in [3.8, 4) is 0 Å². The first-order valence-electron chi connectivity index (χ1n) is 7.35. The number of nitrogens with one attached hydrogen (secondary N) is 3. The van der Waals surface area contributed by atoms with E-state index in [1.807, 2.05) is 23.6 Å². The van der Waals surface area contributed by atoms with Gasteiger partial charge >= 0.3 is 6.03 Å². The molecule has 3 rings (SSSR count). The lowest BCUT2D eigenvalue weighted by atomic mass is 10.0. The van der Waals surface area contributed by atoms with Gasteiger partial charge in [-0.3, -0.25) is 5.10 Å². The van der Waals surface area contributed by atoms with Crippen molar-refractivity contribution in [3.05, 3.63) is 75.7 Å². The van der Waals surface area contributed by atoms with Gasteiger partial charge in [-0.1, -0.05) is 35.9 Å². The van der Waals surface area contributed by atoms with Crippen LogP contribution in [0.2, 0.25) is 0 Å². The Labute approximate surface area is 138 Å². The normalized spacial score (nSPS) is 11.9. The fourth-order valence-electron chi connectivity index (χ4n) is 2.27. The number of thiophene rings is 1. The summed E-state index contributed by atoms with van der Waals surface area (Å²) in [6.07, 6.45) is 1.66. The Kier molecular flexibility index (Phi) is 4.73. The van der Waals surface area contributed by atoms with Crippen molar-refractivity contribution in [1.29, 1.82) is 0 Å². The summed E-state index contributed by atoms with van der Waals surface area (Å²) in [5, 5.41) is 14.6. The molecule has 0 bridgehead atoms. The molecule has 0 fully saturated rings. The largest absolute Gasteiger partial charge is 0.333 e. The third kappa shape index (κ3) is 3.98. The van der Waals surface area contributed by atoms with Gasteiger partial charge in [0.15, 0.2) is 0 Å². The van der Waals surface area contributed by atoms with Gasteiger partial charge in [0.25, 0.3) is 0 Å². The third-order valence-corrected chi connectivity index (χ3v) is 4.45.